The number of rotatable bonds is 2. The number of hydrogen-bond donors (Lipinski definition) is 0. The maximum Gasteiger partial charge on any atom is 0.224 e. The van der Waals surface area contributed by atoms with Gasteiger partial charge in [0.05, 0.1) is 0 Å². The molecule has 0 atom stereocenters. The minimum absolute atomic E-state index is 0.570. The van der Waals surface area contributed by atoms with E-state index in [4.69, 9.17) is 11.1 Å². The zero-order valence-electron chi connectivity index (χ0n) is 6.84. The highest BCUT2D eigenvalue weighted by Gasteiger charge is 1.97. The fraction of sp³-hybridized carbons (Fsp3) is 0.250. The summed E-state index contributed by atoms with van der Waals surface area (Å²) in [5.41, 5.74) is 2.51. The van der Waals surface area contributed by atoms with Gasteiger partial charge < -0.3 is 4.57 Å². The molecule has 1 aromatic rings. The zero-order valence-corrected chi connectivity index (χ0v) is 9.01. The van der Waals surface area contributed by atoms with Crippen LogP contribution < -0.4 is 4.57 Å². The zero-order chi connectivity index (χ0) is 8.27. The van der Waals surface area contributed by atoms with Crippen molar-refractivity contribution in [3.8, 4) is 0 Å². The summed E-state index contributed by atoms with van der Waals surface area (Å²) in [6.07, 6.45) is 0. The van der Waals surface area contributed by atoms with Gasteiger partial charge in [-0.15, -0.1) is 11.1 Å². The maximum absolute atomic E-state index is 5.80. The molecule has 0 aromatic heterocycles. The predicted molar refractivity (Wildman–Crippen MR) is 54.0 cm³/mol. The van der Waals surface area contributed by atoms with Crippen LogP contribution in [0.25, 0.3) is 0 Å². The molecule has 0 aliphatic heterocycles. The summed E-state index contributed by atoms with van der Waals surface area (Å²) in [7, 11) is 1.47. The first kappa shape index (κ1) is 8.62. The Kier molecular flexibility index (Phi) is 2.97. The Morgan fingerprint density at radius 3 is 2.73 bits per heavy atom. The van der Waals surface area contributed by atoms with Gasteiger partial charge in [0.15, 0.2) is 0 Å². The van der Waals surface area contributed by atoms with Gasteiger partial charge in [0, 0.05) is 5.69 Å². The monoisotopic (exact) mass is 185 g/mol. The summed E-state index contributed by atoms with van der Waals surface area (Å²) in [5, 5.41) is 0. The standard InChI is InChI=1S/C8H12ClNSi/c1-7-4-3-5-8(6-7)10(2)11-9/h3-6H,11H2,1-2H3. The summed E-state index contributed by atoms with van der Waals surface area (Å²) in [4.78, 5) is 0. The molecular weight excluding hydrogens is 174 g/mol. The van der Waals surface area contributed by atoms with Crippen molar-refractivity contribution in [1.82, 2.24) is 0 Å². The fourth-order valence-electron chi connectivity index (χ4n) is 0.934. The van der Waals surface area contributed by atoms with Crippen LogP contribution in [0.3, 0.4) is 0 Å². The van der Waals surface area contributed by atoms with Crippen molar-refractivity contribution >= 4 is 25.8 Å². The number of halogens is 1. The van der Waals surface area contributed by atoms with E-state index >= 15 is 0 Å². The van der Waals surface area contributed by atoms with E-state index in [2.05, 4.69) is 35.8 Å². The highest BCUT2D eigenvalue weighted by Crippen LogP contribution is 2.13. The van der Waals surface area contributed by atoms with E-state index in [0.717, 1.165) is 0 Å². The quantitative estimate of drug-likeness (QED) is 0.501. The van der Waals surface area contributed by atoms with Crippen LogP contribution in [-0.4, -0.2) is 16.0 Å². The molecule has 11 heavy (non-hydrogen) atoms. The SMILES string of the molecule is Cc1cccc(N(C)[SiH2]Cl)c1. The molecule has 0 aliphatic rings. The molecule has 0 bridgehead atoms. The average Bonchev–Trinajstić information content (AvgIpc) is 2.03. The lowest BCUT2D eigenvalue weighted by molar-refractivity contribution is 1.31. The van der Waals surface area contributed by atoms with E-state index in [9.17, 15) is 0 Å². The van der Waals surface area contributed by atoms with E-state index in [0.29, 0.717) is 0 Å². The van der Waals surface area contributed by atoms with Gasteiger partial charge in [0.25, 0.3) is 0 Å². The molecule has 0 saturated carbocycles. The van der Waals surface area contributed by atoms with E-state index in [1.54, 1.807) is 0 Å². The normalized spacial score (nSPS) is 10.8. The molecule has 0 heterocycles. The Balaban J connectivity index is 2.86. The third-order valence-corrected chi connectivity index (χ3v) is 3.42. The molecule has 1 nitrogen and oxygen atoms in total. The lowest BCUT2D eigenvalue weighted by atomic mass is 10.2. The smallest absolute Gasteiger partial charge is 0.224 e. The summed E-state index contributed by atoms with van der Waals surface area (Å²) < 4.78 is 2.13. The maximum atomic E-state index is 5.80. The predicted octanol–water partition coefficient (Wildman–Crippen LogP) is 1.67. The number of nitrogens with zero attached hydrogens (tertiary/aromatic N) is 1. The second-order valence-corrected chi connectivity index (χ2v) is 4.56. The van der Waals surface area contributed by atoms with Crippen molar-refractivity contribution in [2.24, 2.45) is 0 Å². The van der Waals surface area contributed by atoms with Gasteiger partial charge >= 0.3 is 0 Å². The van der Waals surface area contributed by atoms with Gasteiger partial charge in [0.2, 0.25) is 8.99 Å². The molecule has 0 unspecified atom stereocenters. The van der Waals surface area contributed by atoms with Crippen LogP contribution in [0.15, 0.2) is 24.3 Å². The van der Waals surface area contributed by atoms with Crippen LogP contribution >= 0.6 is 11.1 Å². The van der Waals surface area contributed by atoms with Crippen LogP contribution in [-0.2, 0) is 0 Å². The minimum Gasteiger partial charge on any atom is -0.393 e. The Morgan fingerprint density at radius 2 is 2.18 bits per heavy atom. The number of aryl methyl sites for hydroxylation is 1. The number of hydrogen-bond acceptors (Lipinski definition) is 1. The summed E-state index contributed by atoms with van der Waals surface area (Å²) in [6, 6.07) is 8.38. The van der Waals surface area contributed by atoms with Crippen LogP contribution in [0.4, 0.5) is 5.69 Å². The van der Waals surface area contributed by atoms with Crippen molar-refractivity contribution in [1.29, 1.82) is 0 Å². The molecule has 0 fully saturated rings. The first-order valence-corrected chi connectivity index (χ1v) is 6.35. The Bertz CT molecular complexity index is 239. The topological polar surface area (TPSA) is 3.24 Å². The second kappa shape index (κ2) is 3.79. The largest absolute Gasteiger partial charge is 0.393 e. The first-order valence-electron chi connectivity index (χ1n) is 3.58. The minimum atomic E-state index is -0.570. The molecule has 1 aromatic carbocycles. The van der Waals surface area contributed by atoms with Gasteiger partial charge in [-0.05, 0) is 31.7 Å². The Labute approximate surface area is 74.6 Å². The average molecular weight is 186 g/mol. The summed E-state index contributed by atoms with van der Waals surface area (Å²) in [5.74, 6) is 0. The molecule has 0 aliphatic carbocycles. The van der Waals surface area contributed by atoms with Gasteiger partial charge in [-0.25, -0.2) is 0 Å². The highest BCUT2D eigenvalue weighted by atomic mass is 35.6. The van der Waals surface area contributed by atoms with Gasteiger partial charge in [0.1, 0.15) is 0 Å². The molecule has 60 valence electrons. The molecule has 3 heteroatoms. The molecule has 0 amide bonds. The molecule has 0 radical (unpaired) electrons. The van der Waals surface area contributed by atoms with Crippen LogP contribution in [0.5, 0.6) is 0 Å². The van der Waals surface area contributed by atoms with Gasteiger partial charge in [-0.3, -0.25) is 0 Å². The molecule has 0 saturated heterocycles. The van der Waals surface area contributed by atoms with E-state index in [1.807, 2.05) is 7.05 Å². The highest BCUT2D eigenvalue weighted by molar-refractivity contribution is 6.95. The Hall–Kier alpha value is -0.473. The van der Waals surface area contributed by atoms with Crippen molar-refractivity contribution in [2.45, 2.75) is 6.92 Å². The van der Waals surface area contributed by atoms with E-state index in [1.165, 1.54) is 11.3 Å². The van der Waals surface area contributed by atoms with Crippen LogP contribution in [0.2, 0.25) is 0 Å². The van der Waals surface area contributed by atoms with Crippen molar-refractivity contribution in [3.63, 3.8) is 0 Å². The van der Waals surface area contributed by atoms with E-state index < -0.39 is 8.99 Å². The third kappa shape index (κ3) is 2.24. The molecule has 0 N–H and O–H groups in total. The lowest BCUT2D eigenvalue weighted by Crippen LogP contribution is -2.17. The van der Waals surface area contributed by atoms with Crippen molar-refractivity contribution < 1.29 is 0 Å². The van der Waals surface area contributed by atoms with Crippen LogP contribution in [0.1, 0.15) is 5.56 Å². The van der Waals surface area contributed by atoms with Gasteiger partial charge in [-0.2, -0.15) is 0 Å². The van der Waals surface area contributed by atoms with E-state index in [-0.39, 0.29) is 0 Å². The second-order valence-electron chi connectivity index (χ2n) is 2.66. The summed E-state index contributed by atoms with van der Waals surface area (Å²) in [6.45, 7) is 2.09. The fourth-order valence-corrected chi connectivity index (χ4v) is 1.68. The summed E-state index contributed by atoms with van der Waals surface area (Å²) >= 11 is 5.80. The Morgan fingerprint density at radius 1 is 1.45 bits per heavy atom. The number of anilines is 1. The van der Waals surface area contributed by atoms with Crippen molar-refractivity contribution in [2.75, 3.05) is 11.6 Å². The first-order chi connectivity index (χ1) is 5.24. The van der Waals surface area contributed by atoms with Crippen molar-refractivity contribution in [3.05, 3.63) is 29.8 Å². The van der Waals surface area contributed by atoms with Crippen LogP contribution in [0, 0.1) is 6.92 Å². The number of benzene rings is 1. The lowest BCUT2D eigenvalue weighted by Gasteiger charge is -2.15. The molecular formula is C8H12ClNSi. The third-order valence-electron chi connectivity index (χ3n) is 1.62. The molecule has 0 spiro atoms. The molecule has 1 rings (SSSR count). The van der Waals surface area contributed by atoms with Gasteiger partial charge in [-0.1, -0.05) is 12.1 Å².